The van der Waals surface area contributed by atoms with E-state index in [0.29, 0.717) is 5.69 Å². The number of carboxylic acids is 1. The number of carbonyl (C=O) groups is 2. The molecule has 2 amide bonds. The predicted molar refractivity (Wildman–Crippen MR) is 67.8 cm³/mol. The minimum atomic E-state index is -0.977. The van der Waals surface area contributed by atoms with Crippen molar-refractivity contribution in [1.29, 1.82) is 0 Å². The highest BCUT2D eigenvalue weighted by molar-refractivity contribution is 6.02. The SMILES string of the molecule is Cc1cccc(C)c1N1C(=O)N(C)CC1C(=O)O. The van der Waals surface area contributed by atoms with Crippen LogP contribution in [0.25, 0.3) is 0 Å². The number of hydrogen-bond acceptors (Lipinski definition) is 2. The number of rotatable bonds is 2. The van der Waals surface area contributed by atoms with Crippen LogP contribution in [0.2, 0.25) is 0 Å². The van der Waals surface area contributed by atoms with Crippen LogP contribution in [0.15, 0.2) is 18.2 Å². The Morgan fingerprint density at radius 2 is 1.89 bits per heavy atom. The highest BCUT2D eigenvalue weighted by Gasteiger charge is 2.41. The Labute approximate surface area is 106 Å². The molecule has 5 nitrogen and oxygen atoms in total. The Bertz CT molecular complexity index is 493. The zero-order valence-electron chi connectivity index (χ0n) is 10.7. The molecule has 0 spiro atoms. The molecule has 1 aliphatic heterocycles. The summed E-state index contributed by atoms with van der Waals surface area (Å²) in [5, 5.41) is 9.24. The molecular weight excluding hydrogens is 232 g/mol. The molecule has 1 N–H and O–H groups in total. The fraction of sp³-hybridized carbons (Fsp3) is 0.385. The fourth-order valence-corrected chi connectivity index (χ4v) is 2.36. The molecule has 0 aromatic heterocycles. The van der Waals surface area contributed by atoms with E-state index in [4.69, 9.17) is 0 Å². The van der Waals surface area contributed by atoms with Crippen molar-refractivity contribution < 1.29 is 14.7 Å². The number of amides is 2. The summed E-state index contributed by atoms with van der Waals surface area (Å²) in [5.41, 5.74) is 2.52. The van der Waals surface area contributed by atoms with Gasteiger partial charge in [0.15, 0.2) is 6.04 Å². The number of nitrogens with zero attached hydrogens (tertiary/aromatic N) is 2. The first-order valence-electron chi connectivity index (χ1n) is 5.77. The lowest BCUT2D eigenvalue weighted by molar-refractivity contribution is -0.138. The quantitative estimate of drug-likeness (QED) is 0.865. The Hall–Kier alpha value is -2.04. The number of aliphatic carboxylic acids is 1. The van der Waals surface area contributed by atoms with Gasteiger partial charge in [-0.3, -0.25) is 4.90 Å². The Morgan fingerprint density at radius 1 is 1.33 bits per heavy atom. The van der Waals surface area contributed by atoms with Crippen molar-refractivity contribution in [1.82, 2.24) is 4.90 Å². The van der Waals surface area contributed by atoms with Crippen LogP contribution < -0.4 is 4.90 Å². The molecule has 1 atom stereocenters. The van der Waals surface area contributed by atoms with E-state index in [9.17, 15) is 14.7 Å². The number of likely N-dealkylation sites (N-methyl/N-ethyl adjacent to an activating group) is 1. The number of anilines is 1. The van der Waals surface area contributed by atoms with E-state index in [1.807, 2.05) is 32.0 Å². The van der Waals surface area contributed by atoms with Crippen molar-refractivity contribution in [2.45, 2.75) is 19.9 Å². The van der Waals surface area contributed by atoms with Gasteiger partial charge >= 0.3 is 12.0 Å². The average Bonchev–Trinajstić information content (AvgIpc) is 2.57. The summed E-state index contributed by atoms with van der Waals surface area (Å²) in [6, 6.07) is 4.58. The largest absolute Gasteiger partial charge is 0.480 e. The van der Waals surface area contributed by atoms with Gasteiger partial charge < -0.3 is 10.0 Å². The lowest BCUT2D eigenvalue weighted by Crippen LogP contribution is -2.40. The molecule has 1 heterocycles. The highest BCUT2D eigenvalue weighted by atomic mass is 16.4. The van der Waals surface area contributed by atoms with Gasteiger partial charge in [0, 0.05) is 7.05 Å². The molecule has 18 heavy (non-hydrogen) atoms. The first-order valence-corrected chi connectivity index (χ1v) is 5.77. The van der Waals surface area contributed by atoms with Crippen LogP contribution in [-0.2, 0) is 4.79 Å². The van der Waals surface area contributed by atoms with E-state index < -0.39 is 12.0 Å². The Kier molecular flexibility index (Phi) is 2.98. The lowest BCUT2D eigenvalue weighted by atomic mass is 10.1. The average molecular weight is 248 g/mol. The zero-order chi connectivity index (χ0) is 13.4. The van der Waals surface area contributed by atoms with Crippen LogP contribution in [0.5, 0.6) is 0 Å². The number of urea groups is 1. The molecule has 0 saturated carbocycles. The highest BCUT2D eigenvalue weighted by Crippen LogP contribution is 2.30. The second kappa shape index (κ2) is 4.33. The third-order valence-corrected chi connectivity index (χ3v) is 3.26. The molecule has 96 valence electrons. The van der Waals surface area contributed by atoms with Gasteiger partial charge in [0.2, 0.25) is 0 Å². The standard InChI is InChI=1S/C13H16N2O3/c1-8-5-4-6-9(2)11(8)15-10(12(16)17)7-14(3)13(15)18/h4-6,10H,7H2,1-3H3,(H,16,17). The smallest absolute Gasteiger partial charge is 0.328 e. The monoisotopic (exact) mass is 248 g/mol. The van der Waals surface area contributed by atoms with Crippen molar-refractivity contribution in [3.63, 3.8) is 0 Å². The number of carbonyl (C=O) groups excluding carboxylic acids is 1. The molecular formula is C13H16N2O3. The molecule has 1 unspecified atom stereocenters. The molecule has 2 rings (SSSR count). The summed E-state index contributed by atoms with van der Waals surface area (Å²) in [6.07, 6.45) is 0. The second-order valence-electron chi connectivity index (χ2n) is 4.63. The molecule has 1 aliphatic rings. The van der Waals surface area contributed by atoms with Crippen LogP contribution in [0.4, 0.5) is 10.5 Å². The number of aryl methyl sites for hydroxylation is 2. The van der Waals surface area contributed by atoms with E-state index in [1.165, 1.54) is 9.80 Å². The fourth-order valence-electron chi connectivity index (χ4n) is 2.36. The molecule has 0 radical (unpaired) electrons. The van der Waals surface area contributed by atoms with Crippen molar-refractivity contribution in [2.75, 3.05) is 18.5 Å². The van der Waals surface area contributed by atoms with Crippen molar-refractivity contribution in [2.24, 2.45) is 0 Å². The zero-order valence-corrected chi connectivity index (χ0v) is 10.7. The summed E-state index contributed by atoms with van der Waals surface area (Å²) >= 11 is 0. The van der Waals surface area contributed by atoms with Crippen molar-refractivity contribution in [3.8, 4) is 0 Å². The molecule has 1 aromatic rings. The molecule has 0 bridgehead atoms. The van der Waals surface area contributed by atoms with Crippen LogP contribution in [-0.4, -0.2) is 41.6 Å². The van der Waals surface area contributed by atoms with E-state index in [0.717, 1.165) is 11.1 Å². The summed E-state index contributed by atoms with van der Waals surface area (Å²) in [7, 11) is 1.62. The third kappa shape index (κ3) is 1.81. The lowest BCUT2D eigenvalue weighted by Gasteiger charge is -2.24. The first-order chi connectivity index (χ1) is 8.43. The maximum absolute atomic E-state index is 12.1. The third-order valence-electron chi connectivity index (χ3n) is 3.26. The number of para-hydroxylation sites is 1. The van der Waals surface area contributed by atoms with Gasteiger partial charge in [-0.25, -0.2) is 9.59 Å². The molecule has 1 saturated heterocycles. The number of hydrogen-bond donors (Lipinski definition) is 1. The van der Waals surface area contributed by atoms with E-state index in [-0.39, 0.29) is 12.6 Å². The predicted octanol–water partition coefficient (Wildman–Crippen LogP) is 1.63. The van der Waals surface area contributed by atoms with Gasteiger partial charge in [-0.15, -0.1) is 0 Å². The van der Waals surface area contributed by atoms with Crippen LogP contribution in [0.1, 0.15) is 11.1 Å². The van der Waals surface area contributed by atoms with E-state index >= 15 is 0 Å². The second-order valence-corrected chi connectivity index (χ2v) is 4.63. The first kappa shape index (κ1) is 12.4. The summed E-state index contributed by atoms with van der Waals surface area (Å²) in [4.78, 5) is 26.2. The molecule has 1 aromatic carbocycles. The van der Waals surface area contributed by atoms with Gasteiger partial charge in [0.05, 0.1) is 12.2 Å². The Balaban J connectivity index is 2.53. The number of benzene rings is 1. The molecule has 1 fully saturated rings. The van der Waals surface area contributed by atoms with Gasteiger partial charge in [-0.05, 0) is 25.0 Å². The van der Waals surface area contributed by atoms with Gasteiger partial charge in [-0.1, -0.05) is 18.2 Å². The molecule has 5 heteroatoms. The normalized spacial score (nSPS) is 19.5. The molecule has 0 aliphatic carbocycles. The maximum Gasteiger partial charge on any atom is 0.328 e. The van der Waals surface area contributed by atoms with Gasteiger partial charge in [0.25, 0.3) is 0 Å². The van der Waals surface area contributed by atoms with E-state index in [1.54, 1.807) is 7.05 Å². The summed E-state index contributed by atoms with van der Waals surface area (Å²) in [6.45, 7) is 3.97. The van der Waals surface area contributed by atoms with Crippen LogP contribution in [0, 0.1) is 13.8 Å². The van der Waals surface area contributed by atoms with Crippen molar-refractivity contribution in [3.05, 3.63) is 29.3 Å². The van der Waals surface area contributed by atoms with Gasteiger partial charge in [-0.2, -0.15) is 0 Å². The minimum absolute atomic E-state index is 0.210. The topological polar surface area (TPSA) is 60.9 Å². The number of carboxylic acid groups (broad SMARTS) is 1. The Morgan fingerprint density at radius 3 is 2.39 bits per heavy atom. The van der Waals surface area contributed by atoms with Gasteiger partial charge in [0.1, 0.15) is 0 Å². The maximum atomic E-state index is 12.1. The summed E-state index contributed by atoms with van der Waals surface area (Å²) in [5.74, 6) is -0.977. The van der Waals surface area contributed by atoms with Crippen LogP contribution >= 0.6 is 0 Å². The van der Waals surface area contributed by atoms with E-state index in [2.05, 4.69) is 0 Å². The van der Waals surface area contributed by atoms with Crippen molar-refractivity contribution >= 4 is 17.7 Å². The van der Waals surface area contributed by atoms with Crippen LogP contribution in [0.3, 0.4) is 0 Å². The summed E-state index contributed by atoms with van der Waals surface area (Å²) < 4.78 is 0. The minimum Gasteiger partial charge on any atom is -0.480 e.